The van der Waals surface area contributed by atoms with Gasteiger partial charge in [0.1, 0.15) is 12.1 Å². The number of piperidine rings is 1. The number of amides is 2. The van der Waals surface area contributed by atoms with Crippen LogP contribution in [0.15, 0.2) is 24.3 Å². The zero-order valence-electron chi connectivity index (χ0n) is 23.1. The van der Waals surface area contributed by atoms with Crippen molar-refractivity contribution in [3.8, 4) is 0 Å². The number of carbonyl (C=O) groups is 3. The third kappa shape index (κ3) is 6.85. The summed E-state index contributed by atoms with van der Waals surface area (Å²) < 4.78 is 5.56. The molecule has 2 fully saturated rings. The maximum atomic E-state index is 13.6. The first kappa shape index (κ1) is 29.4. The molecule has 7 nitrogen and oxygen atoms in total. The zero-order chi connectivity index (χ0) is 27.5. The summed E-state index contributed by atoms with van der Waals surface area (Å²) in [6, 6.07) is 6.56. The Kier molecular flexibility index (Phi) is 9.33. The van der Waals surface area contributed by atoms with Gasteiger partial charge in [-0.25, -0.2) is 0 Å². The number of hydrogen-bond donors (Lipinski definition) is 2. The van der Waals surface area contributed by atoms with Crippen LogP contribution in [0.4, 0.5) is 0 Å². The summed E-state index contributed by atoms with van der Waals surface area (Å²) in [4.78, 5) is 40.5. The van der Waals surface area contributed by atoms with Crippen LogP contribution >= 0.6 is 11.6 Å². The Morgan fingerprint density at radius 1 is 1.14 bits per heavy atom. The maximum Gasteiger partial charge on any atom is 0.306 e. The summed E-state index contributed by atoms with van der Waals surface area (Å²) in [5.74, 6) is -0.664. The second-order valence-electron chi connectivity index (χ2n) is 12.2. The van der Waals surface area contributed by atoms with Crippen LogP contribution in [-0.2, 0) is 24.7 Å². The van der Waals surface area contributed by atoms with Crippen molar-refractivity contribution in [3.63, 3.8) is 0 Å². The monoisotopic (exact) mass is 534 g/mol. The second-order valence-corrected chi connectivity index (χ2v) is 12.6. The van der Waals surface area contributed by atoms with Gasteiger partial charge in [-0.3, -0.25) is 14.4 Å². The van der Waals surface area contributed by atoms with E-state index in [0.717, 1.165) is 5.56 Å². The smallest absolute Gasteiger partial charge is 0.306 e. The summed E-state index contributed by atoms with van der Waals surface area (Å²) in [6.45, 7) is 12.5. The van der Waals surface area contributed by atoms with Crippen LogP contribution < -0.4 is 5.32 Å². The SMILES string of the molecule is CC(C)CC(=O)O[C@@H]1CC[C@@H](C(=O)N[C@@H](C(=O)N2CC[C@](O)(c3ccc(Cl)cc3)C(C)(C)C2)C(C)C)C1. The highest BCUT2D eigenvalue weighted by Crippen LogP contribution is 2.46. The third-order valence-electron chi connectivity index (χ3n) is 7.94. The van der Waals surface area contributed by atoms with Crippen LogP contribution in [-0.4, -0.2) is 53.0 Å². The topological polar surface area (TPSA) is 95.9 Å². The quantitative estimate of drug-likeness (QED) is 0.472. The minimum absolute atomic E-state index is 0.0993. The second kappa shape index (κ2) is 11.7. The molecule has 206 valence electrons. The first-order chi connectivity index (χ1) is 17.2. The highest BCUT2D eigenvalue weighted by atomic mass is 35.5. The zero-order valence-corrected chi connectivity index (χ0v) is 23.8. The molecule has 4 atom stereocenters. The molecule has 0 unspecified atom stereocenters. The summed E-state index contributed by atoms with van der Waals surface area (Å²) in [5, 5.41) is 15.3. The van der Waals surface area contributed by atoms with Gasteiger partial charge in [-0.15, -0.1) is 0 Å². The number of halogens is 1. The van der Waals surface area contributed by atoms with Gasteiger partial charge in [0, 0.05) is 35.9 Å². The van der Waals surface area contributed by atoms with Gasteiger partial charge in [0.15, 0.2) is 0 Å². The maximum absolute atomic E-state index is 13.6. The highest BCUT2D eigenvalue weighted by molar-refractivity contribution is 6.30. The Balaban J connectivity index is 1.63. The standard InChI is InChI=1S/C29H43ClN2O5/c1-18(2)15-24(33)37-23-12-7-20(16-23)26(34)31-25(19(3)4)27(35)32-14-13-29(36,28(5,6)17-32)21-8-10-22(30)11-9-21/h8-11,18-20,23,25,36H,7,12-17H2,1-6H3,(H,31,34)/t20-,23-,25-,29+/m1/s1. The number of likely N-dealkylation sites (tertiary alicyclic amines) is 1. The normalized spacial score (nSPS) is 26.3. The predicted molar refractivity (Wildman–Crippen MR) is 144 cm³/mol. The van der Waals surface area contributed by atoms with Crippen LogP contribution in [0.5, 0.6) is 0 Å². The Morgan fingerprint density at radius 3 is 2.35 bits per heavy atom. The van der Waals surface area contributed by atoms with Crippen molar-refractivity contribution in [2.45, 2.75) is 91.4 Å². The van der Waals surface area contributed by atoms with Gasteiger partial charge in [-0.1, -0.05) is 65.3 Å². The van der Waals surface area contributed by atoms with E-state index < -0.39 is 17.1 Å². The van der Waals surface area contributed by atoms with Crippen LogP contribution in [0.3, 0.4) is 0 Å². The summed E-state index contributed by atoms with van der Waals surface area (Å²) in [6.07, 6.45) is 2.29. The molecule has 1 aromatic carbocycles. The molecule has 2 amide bonds. The fraction of sp³-hybridized carbons (Fsp3) is 0.690. The predicted octanol–water partition coefficient (Wildman–Crippen LogP) is 4.68. The summed E-state index contributed by atoms with van der Waals surface area (Å²) >= 11 is 6.04. The molecular formula is C29H43ClN2O5. The van der Waals surface area contributed by atoms with E-state index in [0.29, 0.717) is 50.2 Å². The molecule has 0 bridgehead atoms. The minimum atomic E-state index is -1.10. The number of ether oxygens (including phenoxy) is 1. The molecule has 0 spiro atoms. The third-order valence-corrected chi connectivity index (χ3v) is 8.19. The number of nitrogens with one attached hydrogen (secondary N) is 1. The van der Waals surface area contributed by atoms with Crippen LogP contribution in [0.25, 0.3) is 0 Å². The molecule has 0 aromatic heterocycles. The van der Waals surface area contributed by atoms with Crippen LogP contribution in [0.1, 0.15) is 79.2 Å². The fourth-order valence-electron chi connectivity index (χ4n) is 5.60. The lowest BCUT2D eigenvalue weighted by atomic mass is 9.66. The number of nitrogens with zero attached hydrogens (tertiary/aromatic N) is 1. The Hall–Kier alpha value is -2.12. The largest absolute Gasteiger partial charge is 0.462 e. The fourth-order valence-corrected chi connectivity index (χ4v) is 5.73. The molecule has 1 aliphatic heterocycles. The van der Waals surface area contributed by atoms with E-state index in [4.69, 9.17) is 16.3 Å². The van der Waals surface area contributed by atoms with Crippen molar-refractivity contribution in [2.24, 2.45) is 23.2 Å². The Labute approximate surface area is 226 Å². The minimum Gasteiger partial charge on any atom is -0.462 e. The molecule has 1 aromatic rings. The number of esters is 1. The first-order valence-electron chi connectivity index (χ1n) is 13.5. The lowest BCUT2D eigenvalue weighted by molar-refractivity contribution is -0.157. The van der Waals surface area contributed by atoms with E-state index in [1.54, 1.807) is 17.0 Å². The molecule has 1 saturated carbocycles. The van der Waals surface area contributed by atoms with Crippen molar-refractivity contribution in [1.29, 1.82) is 0 Å². The first-order valence-corrected chi connectivity index (χ1v) is 13.9. The van der Waals surface area contributed by atoms with Gasteiger partial charge in [-0.2, -0.15) is 0 Å². The molecule has 1 saturated heterocycles. The van der Waals surface area contributed by atoms with Crippen molar-refractivity contribution >= 4 is 29.4 Å². The lowest BCUT2D eigenvalue weighted by Crippen LogP contribution is -2.60. The van der Waals surface area contributed by atoms with Crippen molar-refractivity contribution in [3.05, 3.63) is 34.9 Å². The number of aliphatic hydroxyl groups is 1. The molecule has 0 radical (unpaired) electrons. The van der Waals surface area contributed by atoms with Gasteiger partial charge < -0.3 is 20.1 Å². The molecule has 1 heterocycles. The summed E-state index contributed by atoms with van der Waals surface area (Å²) in [7, 11) is 0. The van der Waals surface area contributed by atoms with Crippen molar-refractivity contribution in [1.82, 2.24) is 10.2 Å². The lowest BCUT2D eigenvalue weighted by Gasteiger charge is -2.51. The van der Waals surface area contributed by atoms with Crippen LogP contribution in [0.2, 0.25) is 5.02 Å². The molecule has 2 N–H and O–H groups in total. The number of carbonyl (C=O) groups excluding carboxylic acids is 3. The number of hydrogen-bond acceptors (Lipinski definition) is 5. The van der Waals surface area contributed by atoms with E-state index in [-0.39, 0.29) is 41.6 Å². The molecule has 3 rings (SSSR count). The molecular weight excluding hydrogens is 492 g/mol. The number of rotatable bonds is 8. The van der Waals surface area contributed by atoms with Gasteiger partial charge in [0.05, 0.1) is 5.60 Å². The van der Waals surface area contributed by atoms with E-state index in [1.165, 1.54) is 0 Å². The van der Waals surface area contributed by atoms with E-state index in [2.05, 4.69) is 5.32 Å². The molecule has 8 heteroatoms. The van der Waals surface area contributed by atoms with Crippen molar-refractivity contribution in [2.75, 3.05) is 13.1 Å². The average Bonchev–Trinajstić information content (AvgIpc) is 3.26. The highest BCUT2D eigenvalue weighted by Gasteiger charge is 2.50. The van der Waals surface area contributed by atoms with E-state index in [9.17, 15) is 19.5 Å². The average molecular weight is 535 g/mol. The van der Waals surface area contributed by atoms with Gasteiger partial charge in [0.2, 0.25) is 11.8 Å². The number of benzene rings is 1. The molecule has 37 heavy (non-hydrogen) atoms. The van der Waals surface area contributed by atoms with E-state index >= 15 is 0 Å². The Morgan fingerprint density at radius 2 is 1.78 bits per heavy atom. The van der Waals surface area contributed by atoms with Crippen LogP contribution in [0, 0.1) is 23.2 Å². The van der Waals surface area contributed by atoms with Gasteiger partial charge in [0.25, 0.3) is 0 Å². The summed E-state index contributed by atoms with van der Waals surface area (Å²) in [5.41, 5.74) is -0.928. The molecule has 2 aliphatic rings. The Bertz CT molecular complexity index is 977. The van der Waals surface area contributed by atoms with Gasteiger partial charge >= 0.3 is 5.97 Å². The van der Waals surface area contributed by atoms with Crippen molar-refractivity contribution < 1.29 is 24.2 Å². The van der Waals surface area contributed by atoms with E-state index in [1.807, 2.05) is 53.7 Å². The van der Waals surface area contributed by atoms with Gasteiger partial charge in [-0.05, 0) is 55.2 Å². The molecule has 1 aliphatic carbocycles.